The maximum Gasteiger partial charge on any atom is 0.254 e. The number of amides is 1. The lowest BCUT2D eigenvalue weighted by Crippen LogP contribution is -2.40. The van der Waals surface area contributed by atoms with Crippen molar-refractivity contribution in [3.05, 3.63) is 29.3 Å². The highest BCUT2D eigenvalue weighted by molar-refractivity contribution is 5.97. The Balaban J connectivity index is 0.00000162. The number of ether oxygens (including phenoxy) is 1. The third kappa shape index (κ3) is 3.75. The van der Waals surface area contributed by atoms with Crippen molar-refractivity contribution in [2.45, 2.75) is 0 Å². The van der Waals surface area contributed by atoms with Crippen LogP contribution in [0.15, 0.2) is 18.2 Å². The zero-order valence-corrected chi connectivity index (χ0v) is 10.4. The van der Waals surface area contributed by atoms with Gasteiger partial charge in [0.1, 0.15) is 0 Å². The maximum absolute atomic E-state index is 12.1. The molecule has 7 heteroatoms. The molecule has 1 saturated heterocycles. The number of nitrogens with two attached hydrogens (primary N) is 1. The van der Waals surface area contributed by atoms with Gasteiger partial charge in [-0.25, -0.2) is 0 Å². The van der Waals surface area contributed by atoms with E-state index >= 15 is 0 Å². The Morgan fingerprint density at radius 3 is 2.42 bits per heavy atom. The number of morpholine rings is 1. The average molecular weight is 270 g/mol. The van der Waals surface area contributed by atoms with Crippen molar-refractivity contribution in [2.24, 2.45) is 0 Å². The van der Waals surface area contributed by atoms with Crippen molar-refractivity contribution < 1.29 is 25.3 Å². The molecule has 1 aromatic rings. The molecule has 0 atom stereocenters. The van der Waals surface area contributed by atoms with Gasteiger partial charge in [0.05, 0.1) is 13.2 Å². The number of aldehydes is 1. The molecule has 2 rings (SSSR count). The molecule has 106 valence electrons. The van der Waals surface area contributed by atoms with Crippen molar-refractivity contribution in [1.29, 1.82) is 0 Å². The van der Waals surface area contributed by atoms with Gasteiger partial charge in [0.2, 0.25) is 0 Å². The highest BCUT2D eigenvalue weighted by Crippen LogP contribution is 2.14. The minimum absolute atomic E-state index is 0. The summed E-state index contributed by atoms with van der Waals surface area (Å²) in [5.74, 6) is -0.0718. The number of rotatable bonds is 2. The molecule has 1 fully saturated rings. The number of carbonyl (C=O) groups is 2. The molecular formula is C12H18N2O5. The predicted molar refractivity (Wildman–Crippen MR) is 70.2 cm³/mol. The third-order valence-corrected chi connectivity index (χ3v) is 2.76. The van der Waals surface area contributed by atoms with Gasteiger partial charge in [0.15, 0.2) is 6.29 Å². The number of anilines is 1. The second kappa shape index (κ2) is 7.47. The maximum atomic E-state index is 12.1. The van der Waals surface area contributed by atoms with Gasteiger partial charge < -0.3 is 26.3 Å². The quantitative estimate of drug-likeness (QED) is 0.539. The van der Waals surface area contributed by atoms with E-state index in [0.29, 0.717) is 49.4 Å². The molecule has 1 aliphatic heterocycles. The summed E-state index contributed by atoms with van der Waals surface area (Å²) >= 11 is 0. The number of nitrogen functional groups attached to an aromatic ring is 1. The molecule has 0 aliphatic carbocycles. The molecule has 1 heterocycles. The Morgan fingerprint density at radius 2 is 1.89 bits per heavy atom. The fourth-order valence-electron chi connectivity index (χ4n) is 1.76. The van der Waals surface area contributed by atoms with E-state index in [1.807, 2.05) is 0 Å². The summed E-state index contributed by atoms with van der Waals surface area (Å²) in [6.45, 7) is 2.31. The van der Waals surface area contributed by atoms with E-state index in [1.54, 1.807) is 23.1 Å². The van der Waals surface area contributed by atoms with Crippen LogP contribution in [0.4, 0.5) is 5.69 Å². The molecule has 1 aromatic carbocycles. The molecule has 0 radical (unpaired) electrons. The van der Waals surface area contributed by atoms with E-state index in [1.165, 1.54) is 0 Å². The Hall–Kier alpha value is -1.96. The van der Waals surface area contributed by atoms with Gasteiger partial charge in [-0.1, -0.05) is 0 Å². The van der Waals surface area contributed by atoms with Crippen molar-refractivity contribution in [3.8, 4) is 0 Å². The first-order valence-electron chi connectivity index (χ1n) is 5.44. The van der Waals surface area contributed by atoms with Gasteiger partial charge >= 0.3 is 0 Å². The van der Waals surface area contributed by atoms with E-state index in [9.17, 15) is 9.59 Å². The Labute approximate surface area is 110 Å². The van der Waals surface area contributed by atoms with Gasteiger partial charge in [0.25, 0.3) is 5.91 Å². The molecule has 0 bridgehead atoms. The highest BCUT2D eigenvalue weighted by Gasteiger charge is 2.18. The topological polar surface area (TPSA) is 136 Å². The first-order chi connectivity index (χ1) is 8.22. The fraction of sp³-hybridized carbons (Fsp3) is 0.333. The Morgan fingerprint density at radius 1 is 1.26 bits per heavy atom. The van der Waals surface area contributed by atoms with Crippen molar-refractivity contribution >= 4 is 17.9 Å². The van der Waals surface area contributed by atoms with Crippen molar-refractivity contribution in [3.63, 3.8) is 0 Å². The van der Waals surface area contributed by atoms with Gasteiger partial charge in [-0.3, -0.25) is 9.59 Å². The molecule has 19 heavy (non-hydrogen) atoms. The van der Waals surface area contributed by atoms with Crippen molar-refractivity contribution in [2.75, 3.05) is 32.0 Å². The van der Waals surface area contributed by atoms with Crippen LogP contribution in [0, 0.1) is 0 Å². The summed E-state index contributed by atoms with van der Waals surface area (Å²) < 4.78 is 5.18. The van der Waals surface area contributed by atoms with E-state index in [0.717, 1.165) is 0 Å². The second-order valence-corrected chi connectivity index (χ2v) is 3.87. The molecule has 0 unspecified atom stereocenters. The lowest BCUT2D eigenvalue weighted by atomic mass is 10.1. The third-order valence-electron chi connectivity index (χ3n) is 2.76. The Kier molecular flexibility index (Phi) is 6.70. The first kappa shape index (κ1) is 17.0. The number of carbonyl (C=O) groups excluding carboxylic acids is 2. The first-order valence-corrected chi connectivity index (χ1v) is 5.44. The van der Waals surface area contributed by atoms with Crippen LogP contribution in [0.5, 0.6) is 0 Å². The summed E-state index contributed by atoms with van der Waals surface area (Å²) in [6, 6.07) is 4.73. The van der Waals surface area contributed by atoms with E-state index in [2.05, 4.69) is 0 Å². The van der Waals surface area contributed by atoms with Crippen LogP contribution in [-0.4, -0.2) is 54.3 Å². The van der Waals surface area contributed by atoms with Gasteiger partial charge in [-0.05, 0) is 18.2 Å². The fourth-order valence-corrected chi connectivity index (χ4v) is 1.76. The smallest absolute Gasteiger partial charge is 0.254 e. The summed E-state index contributed by atoms with van der Waals surface area (Å²) in [6.07, 6.45) is 0.679. The summed E-state index contributed by atoms with van der Waals surface area (Å²) in [5, 5.41) is 0. The molecule has 1 aliphatic rings. The largest absolute Gasteiger partial charge is 0.412 e. The van der Waals surface area contributed by atoms with Crippen LogP contribution in [0.1, 0.15) is 20.7 Å². The zero-order chi connectivity index (χ0) is 12.3. The second-order valence-electron chi connectivity index (χ2n) is 3.87. The molecule has 7 nitrogen and oxygen atoms in total. The summed E-state index contributed by atoms with van der Waals surface area (Å²) in [7, 11) is 0. The van der Waals surface area contributed by atoms with Gasteiger partial charge in [-0.15, -0.1) is 0 Å². The lowest BCUT2D eigenvalue weighted by molar-refractivity contribution is 0.0303. The summed E-state index contributed by atoms with van der Waals surface area (Å²) in [4.78, 5) is 24.4. The summed E-state index contributed by atoms with van der Waals surface area (Å²) in [5.41, 5.74) is 6.92. The monoisotopic (exact) mass is 270 g/mol. The van der Waals surface area contributed by atoms with Crippen LogP contribution in [0.3, 0.4) is 0 Å². The number of hydrogen-bond donors (Lipinski definition) is 1. The number of benzene rings is 1. The number of hydrogen-bond acceptors (Lipinski definition) is 4. The predicted octanol–water partition coefficient (Wildman–Crippen LogP) is -1.10. The lowest BCUT2D eigenvalue weighted by Gasteiger charge is -2.27. The van der Waals surface area contributed by atoms with E-state index < -0.39 is 0 Å². The molecule has 0 saturated carbocycles. The number of nitrogens with zero attached hydrogens (tertiary/aromatic N) is 1. The van der Waals surface area contributed by atoms with E-state index in [4.69, 9.17) is 10.5 Å². The van der Waals surface area contributed by atoms with Crippen molar-refractivity contribution in [1.82, 2.24) is 4.90 Å². The zero-order valence-electron chi connectivity index (χ0n) is 10.4. The minimum Gasteiger partial charge on any atom is -0.412 e. The molecule has 1 amide bonds. The van der Waals surface area contributed by atoms with Crippen LogP contribution < -0.4 is 5.73 Å². The van der Waals surface area contributed by atoms with Crippen LogP contribution in [0.25, 0.3) is 0 Å². The van der Waals surface area contributed by atoms with Gasteiger partial charge in [0, 0.05) is 29.9 Å². The normalized spacial score (nSPS) is 14.0. The standard InChI is InChI=1S/C12H14N2O3.2H2O/c13-11-7-9(1-2-10(11)8-15)12(16)14-3-5-17-6-4-14;;/h1-2,7-8H,3-6,13H2;2*1H2. The van der Waals surface area contributed by atoms with Crippen LogP contribution in [-0.2, 0) is 4.74 Å². The highest BCUT2D eigenvalue weighted by atomic mass is 16.5. The molecule has 0 aromatic heterocycles. The molecular weight excluding hydrogens is 252 g/mol. The van der Waals surface area contributed by atoms with Gasteiger partial charge in [-0.2, -0.15) is 0 Å². The average Bonchev–Trinajstić information content (AvgIpc) is 2.39. The Bertz CT molecular complexity index is 444. The van der Waals surface area contributed by atoms with Crippen LogP contribution >= 0.6 is 0 Å². The molecule has 6 N–H and O–H groups in total. The van der Waals surface area contributed by atoms with Crippen LogP contribution in [0.2, 0.25) is 0 Å². The van der Waals surface area contributed by atoms with E-state index in [-0.39, 0.29) is 16.9 Å². The SMILES string of the molecule is Nc1cc(C(=O)N2CCOCC2)ccc1C=O.O.O. The minimum atomic E-state index is -0.0718. The molecule has 0 spiro atoms.